The molecule has 0 atom stereocenters. The van der Waals surface area contributed by atoms with Gasteiger partial charge in [0.1, 0.15) is 0 Å². The smallest absolute Gasteiger partial charge is 0.536 e. The number of hydrogen-bond donors (Lipinski definition) is 0. The van der Waals surface area contributed by atoms with Gasteiger partial charge >= 0.3 is 18.9 Å². The van der Waals surface area contributed by atoms with Crippen LogP contribution >= 0.6 is 0 Å². The maximum Gasteiger partial charge on any atom is 1.00 e. The van der Waals surface area contributed by atoms with Gasteiger partial charge in [-0.3, -0.25) is 0 Å². The van der Waals surface area contributed by atoms with Crippen molar-refractivity contribution in [1.82, 2.24) is 4.90 Å². The Morgan fingerprint density at radius 2 is 1.70 bits per heavy atom. The minimum Gasteiger partial charge on any atom is -0.536 e. The summed E-state index contributed by atoms with van der Waals surface area (Å²) >= 11 is 0. The summed E-state index contributed by atoms with van der Waals surface area (Å²) in [5.74, 6) is 0.874. The first-order valence-corrected chi connectivity index (χ1v) is 6.39. The summed E-state index contributed by atoms with van der Waals surface area (Å²) in [4.78, 5) is 14.4. The zero-order valence-corrected chi connectivity index (χ0v) is 13.5. The molecule has 0 saturated carbocycles. The number of hydrogen-bond acceptors (Lipinski definition) is 3. The predicted octanol–water partition coefficient (Wildman–Crippen LogP) is -0.233. The molecule has 0 aromatic heterocycles. The molecule has 1 amide bonds. The summed E-state index contributed by atoms with van der Waals surface area (Å²) in [6.45, 7) is 7.96. The van der Waals surface area contributed by atoms with Crippen LogP contribution in [0.25, 0.3) is 0 Å². The molecule has 4 nitrogen and oxygen atoms in total. The first kappa shape index (κ1) is 18.9. The van der Waals surface area contributed by atoms with E-state index >= 15 is 0 Å². The SMILES string of the molecule is COc1cc[c-]c(C(=O)N(C(C)C)C(C)C)c1OC.[Li+]. The van der Waals surface area contributed by atoms with Crippen molar-refractivity contribution in [3.8, 4) is 11.5 Å². The molecule has 1 aromatic carbocycles. The summed E-state index contributed by atoms with van der Waals surface area (Å²) in [7, 11) is 3.08. The number of amides is 1. The van der Waals surface area contributed by atoms with Crippen LogP contribution in [0.4, 0.5) is 0 Å². The van der Waals surface area contributed by atoms with E-state index in [1.54, 1.807) is 24.1 Å². The molecule has 0 bridgehead atoms. The first-order valence-electron chi connectivity index (χ1n) is 6.39. The number of carbonyl (C=O) groups excluding carboxylic acids is 1. The molecule has 0 heterocycles. The van der Waals surface area contributed by atoms with Gasteiger partial charge in [-0.1, -0.05) is 6.07 Å². The van der Waals surface area contributed by atoms with Gasteiger partial charge in [0.2, 0.25) is 0 Å². The van der Waals surface area contributed by atoms with Crippen LogP contribution in [0.2, 0.25) is 0 Å². The van der Waals surface area contributed by atoms with Crippen molar-refractivity contribution in [3.63, 3.8) is 0 Å². The van der Waals surface area contributed by atoms with Gasteiger partial charge in [0.05, 0.1) is 25.7 Å². The number of rotatable bonds is 5. The van der Waals surface area contributed by atoms with Crippen LogP contribution in [0.1, 0.15) is 38.1 Å². The van der Waals surface area contributed by atoms with Crippen LogP contribution in [0.5, 0.6) is 11.5 Å². The fourth-order valence-electron chi connectivity index (χ4n) is 2.18. The van der Waals surface area contributed by atoms with Gasteiger partial charge < -0.3 is 19.2 Å². The number of ether oxygens (including phenoxy) is 2. The van der Waals surface area contributed by atoms with Crippen molar-refractivity contribution in [3.05, 3.63) is 23.8 Å². The summed E-state index contributed by atoms with van der Waals surface area (Å²) in [6, 6.07) is 6.57. The van der Waals surface area contributed by atoms with Crippen molar-refractivity contribution in [2.45, 2.75) is 39.8 Å². The average Bonchev–Trinajstić information content (AvgIpc) is 2.36. The van der Waals surface area contributed by atoms with Crippen molar-refractivity contribution in [2.75, 3.05) is 14.2 Å². The Bertz CT molecular complexity index is 439. The van der Waals surface area contributed by atoms with Crippen molar-refractivity contribution in [2.24, 2.45) is 0 Å². The van der Waals surface area contributed by atoms with Gasteiger partial charge in [-0.05, 0) is 33.3 Å². The summed E-state index contributed by atoms with van der Waals surface area (Å²) in [5, 5.41) is 0. The van der Waals surface area contributed by atoms with E-state index in [-0.39, 0.29) is 36.9 Å². The fourth-order valence-corrected chi connectivity index (χ4v) is 2.18. The van der Waals surface area contributed by atoms with E-state index in [4.69, 9.17) is 9.47 Å². The third-order valence-corrected chi connectivity index (χ3v) is 2.90. The maximum atomic E-state index is 12.6. The minimum atomic E-state index is -0.0965. The number of methoxy groups -OCH3 is 2. The number of carbonyl (C=O) groups is 1. The molecule has 0 aliphatic carbocycles. The largest absolute Gasteiger partial charge is 1.00 e. The van der Waals surface area contributed by atoms with Gasteiger partial charge in [-0.25, -0.2) is 0 Å². The normalized spacial score (nSPS) is 10.2. The van der Waals surface area contributed by atoms with Gasteiger partial charge in [-0.15, -0.1) is 12.1 Å². The van der Waals surface area contributed by atoms with E-state index in [0.717, 1.165) is 0 Å². The second-order valence-electron chi connectivity index (χ2n) is 4.85. The van der Waals surface area contributed by atoms with E-state index in [2.05, 4.69) is 6.07 Å². The first-order chi connectivity index (χ1) is 8.93. The average molecular weight is 271 g/mol. The maximum absolute atomic E-state index is 12.6. The molecule has 106 valence electrons. The molecule has 0 fully saturated rings. The molecular formula is C15H22LiNO3. The summed E-state index contributed by atoms with van der Waals surface area (Å²) in [6.07, 6.45) is 0. The van der Waals surface area contributed by atoms with Gasteiger partial charge in [-0.2, -0.15) is 0 Å². The summed E-state index contributed by atoms with van der Waals surface area (Å²) < 4.78 is 10.5. The summed E-state index contributed by atoms with van der Waals surface area (Å²) in [5.41, 5.74) is 0.407. The third-order valence-electron chi connectivity index (χ3n) is 2.90. The zero-order valence-electron chi connectivity index (χ0n) is 13.5. The molecular weight excluding hydrogens is 249 g/mol. The molecule has 0 unspecified atom stereocenters. The molecule has 0 saturated heterocycles. The Balaban J connectivity index is 0.00000361. The Morgan fingerprint density at radius 1 is 1.15 bits per heavy atom. The van der Waals surface area contributed by atoms with Gasteiger partial charge in [0, 0.05) is 12.1 Å². The fraction of sp³-hybridized carbons (Fsp3) is 0.533. The quantitative estimate of drug-likeness (QED) is 0.548. The van der Waals surface area contributed by atoms with E-state index in [0.29, 0.717) is 17.1 Å². The third kappa shape index (κ3) is 3.94. The van der Waals surface area contributed by atoms with Crippen LogP contribution in [-0.2, 0) is 0 Å². The van der Waals surface area contributed by atoms with E-state index in [1.807, 2.05) is 27.7 Å². The van der Waals surface area contributed by atoms with E-state index in [1.165, 1.54) is 7.11 Å². The Labute approximate surface area is 133 Å². The number of benzene rings is 1. The van der Waals surface area contributed by atoms with Crippen LogP contribution in [0.15, 0.2) is 12.1 Å². The molecule has 0 N–H and O–H groups in total. The van der Waals surface area contributed by atoms with Crippen LogP contribution in [0.3, 0.4) is 0 Å². The molecule has 1 rings (SSSR count). The van der Waals surface area contributed by atoms with Crippen molar-refractivity contribution < 1.29 is 33.1 Å². The molecule has 1 aromatic rings. The molecule has 0 radical (unpaired) electrons. The van der Waals surface area contributed by atoms with E-state index < -0.39 is 0 Å². The van der Waals surface area contributed by atoms with Crippen LogP contribution in [0, 0.1) is 6.07 Å². The molecule has 0 spiro atoms. The minimum absolute atomic E-state index is 0. The standard InChI is InChI=1S/C15H22NO3.Li/c1-10(2)16(11(3)4)15(17)12-8-7-9-13(18-5)14(12)19-6;/h7,9-11H,1-6H3;/q-1;+1. The number of nitrogens with zero attached hydrogens (tertiary/aromatic N) is 1. The Hall–Kier alpha value is -1.11. The molecule has 0 aliphatic rings. The topological polar surface area (TPSA) is 38.8 Å². The van der Waals surface area contributed by atoms with Gasteiger partial charge in [0.25, 0.3) is 0 Å². The van der Waals surface area contributed by atoms with Crippen LogP contribution < -0.4 is 28.3 Å². The Kier molecular flexibility index (Phi) is 7.78. The second kappa shape index (κ2) is 8.24. The van der Waals surface area contributed by atoms with Crippen molar-refractivity contribution in [1.29, 1.82) is 0 Å². The van der Waals surface area contributed by atoms with E-state index in [9.17, 15) is 4.79 Å². The molecule has 20 heavy (non-hydrogen) atoms. The second-order valence-corrected chi connectivity index (χ2v) is 4.85. The van der Waals surface area contributed by atoms with Crippen LogP contribution in [-0.4, -0.2) is 37.1 Å². The predicted molar refractivity (Wildman–Crippen MR) is 74.8 cm³/mol. The van der Waals surface area contributed by atoms with Crippen molar-refractivity contribution >= 4 is 5.91 Å². The molecule has 0 aliphatic heterocycles. The van der Waals surface area contributed by atoms with Gasteiger partial charge in [0.15, 0.2) is 5.91 Å². The monoisotopic (exact) mass is 271 g/mol. The molecule has 5 heteroatoms. The Morgan fingerprint density at radius 3 is 2.10 bits per heavy atom. The zero-order chi connectivity index (χ0) is 14.6.